The van der Waals surface area contributed by atoms with Crippen LogP contribution in [0.5, 0.6) is 0 Å². The van der Waals surface area contributed by atoms with E-state index in [1.54, 1.807) is 6.08 Å². The second kappa shape index (κ2) is 16.9. The number of carbonyl (C=O) groups is 2. The monoisotopic (exact) mass is 587 g/mol. The summed E-state index contributed by atoms with van der Waals surface area (Å²) in [5, 5.41) is 13.6. The molecule has 0 spiro atoms. The van der Waals surface area contributed by atoms with Crippen LogP contribution >= 0.6 is 0 Å². The Morgan fingerprint density at radius 2 is 1.88 bits per heavy atom. The van der Waals surface area contributed by atoms with Crippen LogP contribution in [0.3, 0.4) is 0 Å². The normalized spacial score (nSPS) is 23.1. The zero-order valence-corrected chi connectivity index (χ0v) is 26.5. The van der Waals surface area contributed by atoms with Gasteiger partial charge in [0.05, 0.1) is 18.5 Å². The molecule has 0 aliphatic carbocycles. The molecule has 2 aliphatic rings. The molecule has 7 nitrogen and oxygen atoms in total. The fraction of sp³-hybridized carbons (Fsp3) is 0.500. The van der Waals surface area contributed by atoms with Gasteiger partial charge < -0.3 is 26.2 Å². The number of hydrogen-bond acceptors (Lipinski definition) is 5. The maximum Gasteiger partial charge on any atom is 0.245 e. The highest BCUT2D eigenvalue weighted by Gasteiger charge is 2.48. The van der Waals surface area contributed by atoms with Crippen molar-refractivity contribution in [1.82, 2.24) is 26.2 Å². The minimum Gasteiger partial charge on any atom is -0.384 e. The van der Waals surface area contributed by atoms with Crippen molar-refractivity contribution in [1.29, 1.82) is 0 Å². The van der Waals surface area contributed by atoms with Crippen LogP contribution in [0.1, 0.15) is 64.4 Å². The predicted octanol–water partition coefficient (Wildman–Crippen LogP) is 5.16. The first-order valence-electron chi connectivity index (χ1n) is 15.9. The Morgan fingerprint density at radius 1 is 1.14 bits per heavy atom. The number of allylic oxidation sites excluding steroid dienone is 3. The van der Waals surface area contributed by atoms with Gasteiger partial charge in [-0.1, -0.05) is 88.7 Å². The molecule has 43 heavy (non-hydrogen) atoms. The van der Waals surface area contributed by atoms with Crippen molar-refractivity contribution in [2.75, 3.05) is 13.6 Å². The third kappa shape index (κ3) is 9.45. The second-order valence-electron chi connectivity index (χ2n) is 12.0. The number of hydrogen-bond donors (Lipinski definition) is 4. The molecule has 7 heteroatoms. The van der Waals surface area contributed by atoms with Gasteiger partial charge in [-0.3, -0.25) is 9.59 Å². The Bertz CT molecular complexity index is 1160. The number of piperidine rings is 1. The zero-order valence-electron chi connectivity index (χ0n) is 26.5. The summed E-state index contributed by atoms with van der Waals surface area (Å²) in [4.78, 5) is 28.7. The van der Waals surface area contributed by atoms with E-state index in [4.69, 9.17) is 0 Å². The molecule has 4 N–H and O–H groups in total. The third-order valence-corrected chi connectivity index (χ3v) is 8.85. The summed E-state index contributed by atoms with van der Waals surface area (Å²) in [6, 6.07) is 9.31. The minimum absolute atomic E-state index is 0.00402. The minimum atomic E-state index is -0.510. The highest BCUT2D eigenvalue weighted by atomic mass is 16.2. The average Bonchev–Trinajstić information content (AvgIpc) is 3.34. The predicted molar refractivity (Wildman–Crippen MR) is 178 cm³/mol. The summed E-state index contributed by atoms with van der Waals surface area (Å²) in [6.45, 7) is 22.0. The fourth-order valence-corrected chi connectivity index (χ4v) is 6.43. The van der Waals surface area contributed by atoms with Gasteiger partial charge in [0.2, 0.25) is 11.8 Å². The summed E-state index contributed by atoms with van der Waals surface area (Å²) in [5.74, 6) is 0.232. The molecule has 2 amide bonds. The molecule has 234 valence electrons. The Morgan fingerprint density at radius 3 is 2.53 bits per heavy atom. The number of fused-ring (bicyclic) bond motifs is 1. The number of nitrogens with one attached hydrogen (secondary N) is 4. The van der Waals surface area contributed by atoms with Gasteiger partial charge in [0.25, 0.3) is 0 Å². The average molecular weight is 588 g/mol. The van der Waals surface area contributed by atoms with E-state index in [2.05, 4.69) is 61.4 Å². The lowest BCUT2D eigenvalue weighted by Crippen LogP contribution is -2.58. The van der Waals surface area contributed by atoms with Crippen molar-refractivity contribution in [2.24, 2.45) is 5.92 Å². The first-order chi connectivity index (χ1) is 20.7. The molecule has 1 aromatic rings. The Kier molecular flexibility index (Phi) is 13.3. The molecule has 2 aliphatic heterocycles. The first-order valence-corrected chi connectivity index (χ1v) is 15.9. The van der Waals surface area contributed by atoms with Crippen molar-refractivity contribution in [3.05, 3.63) is 97.4 Å². The molecule has 0 aromatic heterocycles. The van der Waals surface area contributed by atoms with Crippen molar-refractivity contribution in [2.45, 2.75) is 95.4 Å². The van der Waals surface area contributed by atoms with E-state index in [0.717, 1.165) is 67.6 Å². The van der Waals surface area contributed by atoms with Crippen LogP contribution in [-0.4, -0.2) is 60.5 Å². The summed E-state index contributed by atoms with van der Waals surface area (Å²) in [5.41, 5.74) is 3.83. The molecular weight excluding hydrogens is 534 g/mol. The molecular formula is C36H53N5O2. The largest absolute Gasteiger partial charge is 0.384 e. The van der Waals surface area contributed by atoms with Gasteiger partial charge in [-0.2, -0.15) is 0 Å². The summed E-state index contributed by atoms with van der Waals surface area (Å²) in [7, 11) is 1.96. The van der Waals surface area contributed by atoms with Crippen LogP contribution in [0, 0.1) is 5.92 Å². The van der Waals surface area contributed by atoms with Crippen LogP contribution in [0.15, 0.2) is 91.8 Å². The quantitative estimate of drug-likeness (QED) is 0.141. The number of carbonyl (C=O) groups excluding carboxylic acids is 2. The number of rotatable bonds is 18. The van der Waals surface area contributed by atoms with Crippen LogP contribution in [-0.2, 0) is 16.0 Å². The van der Waals surface area contributed by atoms with E-state index in [1.807, 2.05) is 54.4 Å². The van der Waals surface area contributed by atoms with Gasteiger partial charge in [0.1, 0.15) is 6.04 Å². The number of nitrogens with zero attached hydrogens (tertiary/aromatic N) is 1. The molecule has 4 unspecified atom stereocenters. The summed E-state index contributed by atoms with van der Waals surface area (Å²) < 4.78 is 0. The zero-order chi connectivity index (χ0) is 31.4. The Labute approximate surface area is 259 Å². The fourth-order valence-electron chi connectivity index (χ4n) is 6.43. The maximum absolute atomic E-state index is 13.8. The van der Waals surface area contributed by atoms with Crippen molar-refractivity contribution in [3.8, 4) is 0 Å². The molecule has 1 aromatic carbocycles. The van der Waals surface area contributed by atoms with Crippen LogP contribution in [0.4, 0.5) is 0 Å². The van der Waals surface area contributed by atoms with Gasteiger partial charge in [-0.05, 0) is 75.6 Å². The van der Waals surface area contributed by atoms with Gasteiger partial charge in [-0.25, -0.2) is 0 Å². The molecule has 0 radical (unpaired) electrons. The smallest absolute Gasteiger partial charge is 0.245 e. The van der Waals surface area contributed by atoms with E-state index in [0.29, 0.717) is 12.3 Å². The molecule has 0 saturated carbocycles. The van der Waals surface area contributed by atoms with E-state index in [-0.39, 0.29) is 42.4 Å². The van der Waals surface area contributed by atoms with Gasteiger partial charge >= 0.3 is 0 Å². The SMILES string of the molecule is C=C/C=C(\C=C)C[C@@H](CC)NC(=C)[C@H](CCCNC)NC(=C)C1CC(C)C2CCC(NC(=O)Cc3ccccc3)C(=O)N12. The van der Waals surface area contributed by atoms with Gasteiger partial charge in [-0.15, -0.1) is 0 Å². The van der Waals surface area contributed by atoms with E-state index in [1.165, 1.54) is 0 Å². The molecule has 2 heterocycles. The molecule has 2 saturated heterocycles. The first kappa shape index (κ1) is 33.9. The second-order valence-corrected chi connectivity index (χ2v) is 12.0. The number of benzene rings is 1. The standard InChI is InChI=1S/C36H53N5O2/c1-8-15-28(9-2)23-30(10-3)38-26(5)31(18-14-21-37-7)39-27(6)34-22-25(4)33-20-19-32(36(43)41(33)34)40-35(42)24-29-16-12-11-13-17-29/h8-9,11-13,15-17,25,30-34,37-39H,1-2,5-6,10,14,18-24H2,3-4,7H3,(H,40,42)/b28-15+/t25?,30-,31+,32?,33?,34?/m1/s1. The van der Waals surface area contributed by atoms with Crippen molar-refractivity contribution in [3.63, 3.8) is 0 Å². The highest BCUT2D eigenvalue weighted by Crippen LogP contribution is 2.39. The lowest BCUT2D eigenvalue weighted by atomic mass is 9.92. The lowest BCUT2D eigenvalue weighted by Gasteiger charge is -2.40. The molecule has 3 rings (SSSR count). The molecule has 6 atom stereocenters. The van der Waals surface area contributed by atoms with Gasteiger partial charge in [0.15, 0.2) is 0 Å². The van der Waals surface area contributed by atoms with Crippen molar-refractivity contribution >= 4 is 11.8 Å². The van der Waals surface area contributed by atoms with E-state index in [9.17, 15) is 9.59 Å². The Balaban J connectivity index is 1.69. The van der Waals surface area contributed by atoms with Crippen LogP contribution in [0.25, 0.3) is 0 Å². The Hall–Kier alpha value is -3.58. The summed E-state index contributed by atoms with van der Waals surface area (Å²) in [6.07, 6.45) is 11.9. The van der Waals surface area contributed by atoms with Crippen LogP contribution in [0.2, 0.25) is 0 Å². The van der Waals surface area contributed by atoms with E-state index < -0.39 is 6.04 Å². The molecule has 2 fully saturated rings. The third-order valence-electron chi connectivity index (χ3n) is 8.85. The lowest BCUT2D eigenvalue weighted by molar-refractivity contribution is -0.141. The maximum atomic E-state index is 13.8. The topological polar surface area (TPSA) is 85.5 Å². The van der Waals surface area contributed by atoms with Gasteiger partial charge in [0, 0.05) is 23.5 Å². The summed E-state index contributed by atoms with van der Waals surface area (Å²) >= 11 is 0. The van der Waals surface area contributed by atoms with E-state index >= 15 is 0 Å². The van der Waals surface area contributed by atoms with Crippen LogP contribution < -0.4 is 21.3 Å². The highest BCUT2D eigenvalue weighted by molar-refractivity contribution is 5.89. The van der Waals surface area contributed by atoms with Crippen molar-refractivity contribution < 1.29 is 9.59 Å². The number of amides is 2. The molecule has 0 bridgehead atoms.